The summed E-state index contributed by atoms with van der Waals surface area (Å²) < 4.78 is 31.9. The van der Waals surface area contributed by atoms with Gasteiger partial charge in [-0.3, -0.25) is 0 Å². The Bertz CT molecular complexity index is 844. The van der Waals surface area contributed by atoms with Gasteiger partial charge in [0.05, 0.1) is 5.75 Å². The largest absolute Gasteiger partial charge is 0.324 e. The van der Waals surface area contributed by atoms with E-state index >= 15 is 0 Å². The third kappa shape index (κ3) is 4.88. The summed E-state index contributed by atoms with van der Waals surface area (Å²) in [6.45, 7) is 3.12. The molecule has 0 radical (unpaired) electrons. The van der Waals surface area contributed by atoms with Gasteiger partial charge < -0.3 is 9.42 Å². The van der Waals surface area contributed by atoms with Crippen LogP contribution in [0.4, 0.5) is 6.01 Å². The number of benzene rings is 1. The number of nitrogens with zero attached hydrogens (tertiary/aromatic N) is 3. The van der Waals surface area contributed by atoms with Crippen LogP contribution in [0.3, 0.4) is 0 Å². The second-order valence-electron chi connectivity index (χ2n) is 6.26. The predicted octanol–water partition coefficient (Wildman–Crippen LogP) is 3.34. The standard InChI is InChI=1S/C16H20Cl2N4O3S/c1-2-7-26(23,24)21-14-3-5-22(6-4-14)16-19-15(20-25-16)11-8-12(17)10-13(18)9-11/h8-10,14,21H,2-7H2,1H3. The Morgan fingerprint density at radius 1 is 1.23 bits per heavy atom. The Morgan fingerprint density at radius 3 is 2.50 bits per heavy atom. The summed E-state index contributed by atoms with van der Waals surface area (Å²) in [4.78, 5) is 6.36. The summed E-state index contributed by atoms with van der Waals surface area (Å²) in [7, 11) is -3.20. The zero-order valence-corrected chi connectivity index (χ0v) is 16.6. The van der Waals surface area contributed by atoms with Crippen molar-refractivity contribution in [3.63, 3.8) is 0 Å². The third-order valence-electron chi connectivity index (χ3n) is 4.12. The fraction of sp³-hybridized carbons (Fsp3) is 0.500. The molecule has 10 heteroatoms. The normalized spacial score (nSPS) is 16.2. The average Bonchev–Trinajstić information content (AvgIpc) is 3.04. The molecule has 142 valence electrons. The van der Waals surface area contributed by atoms with Crippen molar-refractivity contribution in [3.8, 4) is 11.4 Å². The Balaban J connectivity index is 1.63. The molecule has 26 heavy (non-hydrogen) atoms. The highest BCUT2D eigenvalue weighted by Gasteiger charge is 2.26. The van der Waals surface area contributed by atoms with Gasteiger partial charge in [-0.15, -0.1) is 0 Å². The maximum atomic E-state index is 11.9. The van der Waals surface area contributed by atoms with Crippen LogP contribution in [-0.4, -0.2) is 43.4 Å². The number of hydrogen-bond acceptors (Lipinski definition) is 6. The Morgan fingerprint density at radius 2 is 1.88 bits per heavy atom. The van der Waals surface area contributed by atoms with Gasteiger partial charge in [0.2, 0.25) is 15.8 Å². The number of nitrogens with one attached hydrogen (secondary N) is 1. The molecule has 0 amide bonds. The van der Waals surface area contributed by atoms with Gasteiger partial charge in [-0.05, 0) is 37.5 Å². The SMILES string of the molecule is CCCS(=O)(=O)NC1CCN(c2nc(-c3cc(Cl)cc(Cl)c3)no2)CC1. The van der Waals surface area contributed by atoms with E-state index in [0.29, 0.717) is 59.8 Å². The van der Waals surface area contributed by atoms with Crippen LogP contribution in [0.25, 0.3) is 11.4 Å². The summed E-state index contributed by atoms with van der Waals surface area (Å²) in [6.07, 6.45) is 1.97. The predicted molar refractivity (Wildman–Crippen MR) is 102 cm³/mol. The molecular weight excluding hydrogens is 399 g/mol. The monoisotopic (exact) mass is 418 g/mol. The zero-order chi connectivity index (χ0) is 18.7. The summed E-state index contributed by atoms with van der Waals surface area (Å²) in [5.41, 5.74) is 0.680. The number of rotatable bonds is 6. The molecule has 1 N–H and O–H groups in total. The number of hydrogen-bond donors (Lipinski definition) is 1. The van der Waals surface area contributed by atoms with E-state index in [1.54, 1.807) is 18.2 Å². The highest BCUT2D eigenvalue weighted by atomic mass is 35.5. The minimum absolute atomic E-state index is 0.0584. The molecule has 0 bridgehead atoms. The fourth-order valence-electron chi connectivity index (χ4n) is 2.91. The van der Waals surface area contributed by atoms with Gasteiger partial charge in [-0.25, -0.2) is 13.1 Å². The van der Waals surface area contributed by atoms with Gasteiger partial charge in [0.25, 0.3) is 0 Å². The minimum Gasteiger partial charge on any atom is -0.324 e. The van der Waals surface area contributed by atoms with Crippen LogP contribution < -0.4 is 9.62 Å². The molecule has 0 spiro atoms. The lowest BCUT2D eigenvalue weighted by Crippen LogP contribution is -2.45. The molecular formula is C16H20Cl2N4O3S. The number of halogens is 2. The van der Waals surface area contributed by atoms with Crippen molar-refractivity contribution < 1.29 is 12.9 Å². The van der Waals surface area contributed by atoms with Gasteiger partial charge in [-0.1, -0.05) is 35.3 Å². The molecule has 1 aliphatic heterocycles. The van der Waals surface area contributed by atoms with Gasteiger partial charge in [0.1, 0.15) is 0 Å². The molecule has 7 nitrogen and oxygen atoms in total. The third-order valence-corrected chi connectivity index (χ3v) is 6.20. The molecule has 0 atom stereocenters. The summed E-state index contributed by atoms with van der Waals surface area (Å²) in [5, 5.41) is 4.99. The molecule has 2 heterocycles. The van der Waals surface area contributed by atoms with Gasteiger partial charge in [0, 0.05) is 34.7 Å². The van der Waals surface area contributed by atoms with E-state index in [1.807, 2.05) is 11.8 Å². The van der Waals surface area contributed by atoms with Crippen molar-refractivity contribution in [1.29, 1.82) is 0 Å². The molecule has 3 rings (SSSR count). The smallest absolute Gasteiger partial charge is 0.324 e. The highest BCUT2D eigenvalue weighted by molar-refractivity contribution is 7.89. The molecule has 1 aromatic heterocycles. The van der Waals surface area contributed by atoms with Crippen molar-refractivity contribution in [2.45, 2.75) is 32.2 Å². The maximum Gasteiger partial charge on any atom is 0.324 e. The van der Waals surface area contributed by atoms with Crippen LogP contribution in [0.2, 0.25) is 10.0 Å². The Hall–Kier alpha value is -1.35. The molecule has 0 saturated carbocycles. The maximum absolute atomic E-state index is 11.9. The lowest BCUT2D eigenvalue weighted by molar-refractivity contribution is 0.387. The van der Waals surface area contributed by atoms with Gasteiger partial charge >= 0.3 is 6.01 Å². The summed E-state index contributed by atoms with van der Waals surface area (Å²) in [6, 6.07) is 5.42. The Kier molecular flexibility index (Phi) is 6.06. The molecule has 0 aliphatic carbocycles. The molecule has 1 aromatic carbocycles. The lowest BCUT2D eigenvalue weighted by Gasteiger charge is -2.30. The van der Waals surface area contributed by atoms with Crippen LogP contribution >= 0.6 is 23.2 Å². The quantitative estimate of drug-likeness (QED) is 0.773. The van der Waals surface area contributed by atoms with Crippen molar-refractivity contribution in [1.82, 2.24) is 14.9 Å². The van der Waals surface area contributed by atoms with E-state index in [9.17, 15) is 8.42 Å². The lowest BCUT2D eigenvalue weighted by atomic mass is 10.1. The first-order valence-electron chi connectivity index (χ1n) is 8.41. The first-order valence-corrected chi connectivity index (χ1v) is 10.8. The highest BCUT2D eigenvalue weighted by Crippen LogP contribution is 2.27. The summed E-state index contributed by atoms with van der Waals surface area (Å²) >= 11 is 12.0. The molecule has 1 saturated heterocycles. The number of piperidine rings is 1. The van der Waals surface area contributed by atoms with Gasteiger partial charge in [-0.2, -0.15) is 4.98 Å². The van der Waals surface area contributed by atoms with Crippen molar-refractivity contribution in [2.24, 2.45) is 0 Å². The van der Waals surface area contributed by atoms with Crippen LogP contribution in [0.15, 0.2) is 22.7 Å². The average molecular weight is 419 g/mol. The van der Waals surface area contributed by atoms with E-state index in [4.69, 9.17) is 27.7 Å². The number of sulfonamides is 1. The van der Waals surface area contributed by atoms with E-state index in [-0.39, 0.29) is 11.8 Å². The van der Waals surface area contributed by atoms with Gasteiger partial charge in [0.15, 0.2) is 0 Å². The van der Waals surface area contributed by atoms with Crippen LogP contribution in [0, 0.1) is 0 Å². The number of aromatic nitrogens is 2. The first-order chi connectivity index (χ1) is 12.4. The van der Waals surface area contributed by atoms with Crippen molar-refractivity contribution >= 4 is 39.2 Å². The molecule has 2 aromatic rings. The van der Waals surface area contributed by atoms with Crippen LogP contribution in [0.5, 0.6) is 0 Å². The molecule has 0 unspecified atom stereocenters. The number of anilines is 1. The first kappa shape index (κ1) is 19.4. The second-order valence-corrected chi connectivity index (χ2v) is 9.00. The van der Waals surface area contributed by atoms with E-state index in [1.165, 1.54) is 0 Å². The van der Waals surface area contributed by atoms with Crippen LogP contribution in [-0.2, 0) is 10.0 Å². The van der Waals surface area contributed by atoms with Crippen molar-refractivity contribution in [2.75, 3.05) is 23.7 Å². The molecule has 1 fully saturated rings. The van der Waals surface area contributed by atoms with E-state index in [0.717, 1.165) is 0 Å². The van der Waals surface area contributed by atoms with E-state index in [2.05, 4.69) is 14.9 Å². The molecule has 1 aliphatic rings. The van der Waals surface area contributed by atoms with Crippen LogP contribution in [0.1, 0.15) is 26.2 Å². The summed E-state index contributed by atoms with van der Waals surface area (Å²) in [5.74, 6) is 0.567. The minimum atomic E-state index is -3.20. The second kappa shape index (κ2) is 8.12. The Labute approximate surface area is 162 Å². The zero-order valence-electron chi connectivity index (χ0n) is 14.3. The van der Waals surface area contributed by atoms with E-state index < -0.39 is 10.0 Å². The fourth-order valence-corrected chi connectivity index (χ4v) is 4.84. The topological polar surface area (TPSA) is 88.3 Å². The van der Waals surface area contributed by atoms with Crippen molar-refractivity contribution in [3.05, 3.63) is 28.2 Å².